The lowest BCUT2D eigenvalue weighted by atomic mass is 10.1. The molecule has 0 atom stereocenters. The van der Waals surface area contributed by atoms with Crippen molar-refractivity contribution in [2.24, 2.45) is 7.05 Å². The molecular weight excluding hydrogens is 460 g/mol. The van der Waals surface area contributed by atoms with Crippen LogP contribution in [0.3, 0.4) is 0 Å². The first-order valence-electron chi connectivity index (χ1n) is 11.7. The van der Waals surface area contributed by atoms with Gasteiger partial charge in [0, 0.05) is 51.4 Å². The van der Waals surface area contributed by atoms with E-state index in [1.165, 1.54) is 7.11 Å². The number of fused-ring (bicyclic) bond motifs is 1. The lowest BCUT2D eigenvalue weighted by molar-refractivity contribution is 0.0595. The molecule has 1 saturated heterocycles. The molecule has 0 spiro atoms. The summed E-state index contributed by atoms with van der Waals surface area (Å²) < 4.78 is 12.5. The molecule has 1 aromatic carbocycles. The van der Waals surface area contributed by atoms with E-state index in [0.717, 1.165) is 49.6 Å². The number of benzene rings is 1. The van der Waals surface area contributed by atoms with Crippen LogP contribution in [0.25, 0.3) is 22.3 Å². The first-order valence-corrected chi connectivity index (χ1v) is 11.7. The van der Waals surface area contributed by atoms with E-state index in [9.17, 15) is 4.79 Å². The Hall–Kier alpha value is -4.25. The summed E-state index contributed by atoms with van der Waals surface area (Å²) in [5.41, 5.74) is 4.62. The summed E-state index contributed by atoms with van der Waals surface area (Å²) in [4.78, 5) is 33.2. The minimum absolute atomic E-state index is 0.0631. The Balaban J connectivity index is 1.51. The molecule has 4 aromatic rings. The zero-order valence-electron chi connectivity index (χ0n) is 20.5. The second-order valence-electron chi connectivity index (χ2n) is 8.39. The molecule has 0 unspecified atom stereocenters. The molecule has 0 aliphatic carbocycles. The van der Waals surface area contributed by atoms with Crippen LogP contribution in [0.15, 0.2) is 43.0 Å². The van der Waals surface area contributed by atoms with Gasteiger partial charge >= 0.3 is 5.97 Å². The van der Waals surface area contributed by atoms with Gasteiger partial charge in [-0.3, -0.25) is 4.98 Å². The van der Waals surface area contributed by atoms with Gasteiger partial charge in [0.2, 0.25) is 0 Å². The number of nitrogens with one attached hydrogen (secondary N) is 2. The molecule has 1 fully saturated rings. The minimum Gasteiger partial charge on any atom is -0.464 e. The third-order valence-electron chi connectivity index (χ3n) is 6.12. The first-order chi connectivity index (χ1) is 17.6. The normalized spacial score (nSPS) is 13.9. The van der Waals surface area contributed by atoms with E-state index >= 15 is 0 Å². The second-order valence-corrected chi connectivity index (χ2v) is 8.39. The van der Waals surface area contributed by atoms with E-state index in [-0.39, 0.29) is 11.5 Å². The van der Waals surface area contributed by atoms with Crippen molar-refractivity contribution >= 4 is 40.0 Å². The van der Waals surface area contributed by atoms with Crippen LogP contribution in [0, 0.1) is 0 Å². The highest BCUT2D eigenvalue weighted by molar-refractivity contribution is 5.98. The number of aromatic nitrogens is 5. The van der Waals surface area contributed by atoms with Crippen LogP contribution in [0.5, 0.6) is 0 Å². The summed E-state index contributed by atoms with van der Waals surface area (Å²) in [7, 11) is 4.96. The largest absolute Gasteiger partial charge is 0.464 e. The fourth-order valence-electron chi connectivity index (χ4n) is 4.24. The smallest absolute Gasteiger partial charge is 0.360 e. The van der Waals surface area contributed by atoms with Crippen molar-refractivity contribution in [1.29, 1.82) is 0 Å². The predicted molar refractivity (Wildman–Crippen MR) is 138 cm³/mol. The molecule has 2 N–H and O–H groups in total. The number of esters is 1. The molecule has 4 heterocycles. The molecule has 186 valence electrons. The summed E-state index contributed by atoms with van der Waals surface area (Å²) in [5, 5.41) is 6.32. The van der Waals surface area contributed by atoms with E-state index < -0.39 is 5.97 Å². The Morgan fingerprint density at radius 1 is 1.08 bits per heavy atom. The third kappa shape index (κ3) is 4.52. The summed E-state index contributed by atoms with van der Waals surface area (Å²) in [6, 6.07) is 7.99. The number of rotatable bonds is 6. The fourth-order valence-corrected chi connectivity index (χ4v) is 4.24. The molecule has 0 radical (unpaired) electrons. The summed E-state index contributed by atoms with van der Waals surface area (Å²) >= 11 is 0. The summed E-state index contributed by atoms with van der Waals surface area (Å²) in [5.74, 6) is 0.162. The Kier molecular flexibility index (Phi) is 6.63. The van der Waals surface area contributed by atoms with E-state index in [1.54, 1.807) is 25.8 Å². The van der Waals surface area contributed by atoms with Crippen molar-refractivity contribution in [1.82, 2.24) is 24.5 Å². The van der Waals surface area contributed by atoms with Crippen molar-refractivity contribution in [3.05, 3.63) is 48.7 Å². The van der Waals surface area contributed by atoms with Gasteiger partial charge in [0.05, 0.1) is 37.3 Å². The van der Waals surface area contributed by atoms with Crippen molar-refractivity contribution in [2.75, 3.05) is 56.0 Å². The number of ether oxygens (including phenoxy) is 2. The fraction of sp³-hybridized carbons (Fsp3) is 0.320. The van der Waals surface area contributed by atoms with Crippen molar-refractivity contribution in [2.45, 2.75) is 6.42 Å². The highest BCUT2D eigenvalue weighted by Crippen LogP contribution is 2.33. The van der Waals surface area contributed by atoms with Crippen LogP contribution in [0.4, 0.5) is 23.0 Å². The molecular formula is C25H28N8O3. The maximum absolute atomic E-state index is 12.7. The molecule has 0 amide bonds. The molecule has 1 aliphatic rings. The van der Waals surface area contributed by atoms with Crippen LogP contribution in [0.2, 0.25) is 0 Å². The number of pyridine rings is 1. The summed E-state index contributed by atoms with van der Waals surface area (Å²) in [6.45, 7) is 3.32. The molecule has 36 heavy (non-hydrogen) atoms. The average Bonchev–Trinajstić information content (AvgIpc) is 3.11. The third-order valence-corrected chi connectivity index (χ3v) is 6.12. The van der Waals surface area contributed by atoms with Gasteiger partial charge in [-0.25, -0.2) is 19.7 Å². The number of methoxy groups -OCH3 is 1. The topological polar surface area (TPSA) is 119 Å². The quantitative estimate of drug-likeness (QED) is 0.392. The lowest BCUT2D eigenvalue weighted by Crippen LogP contribution is -2.25. The number of hydrogen-bond acceptors (Lipinski definition) is 10. The van der Waals surface area contributed by atoms with Gasteiger partial charge in [-0.2, -0.15) is 0 Å². The SMILES string of the molecule is CNc1nc(Nc2ccc(N3CCCOCC3)cc2)c(C(=O)OC)nc1-c1cncc2c1ncn2C. The van der Waals surface area contributed by atoms with Crippen LogP contribution in [-0.2, 0) is 16.5 Å². The highest BCUT2D eigenvalue weighted by Gasteiger charge is 2.23. The van der Waals surface area contributed by atoms with Crippen LogP contribution < -0.4 is 15.5 Å². The summed E-state index contributed by atoms with van der Waals surface area (Å²) in [6.07, 6.45) is 6.11. The molecule has 1 aliphatic heterocycles. The highest BCUT2D eigenvalue weighted by atomic mass is 16.5. The van der Waals surface area contributed by atoms with Crippen LogP contribution in [0.1, 0.15) is 16.9 Å². The maximum Gasteiger partial charge on any atom is 0.360 e. The monoisotopic (exact) mass is 488 g/mol. The molecule has 0 bridgehead atoms. The number of carbonyl (C=O) groups is 1. The van der Waals surface area contributed by atoms with Crippen molar-refractivity contribution in [3.63, 3.8) is 0 Å². The molecule has 0 saturated carbocycles. The first kappa shape index (κ1) is 23.5. The van der Waals surface area contributed by atoms with E-state index in [4.69, 9.17) is 14.5 Å². The number of aryl methyl sites for hydroxylation is 1. The zero-order chi connectivity index (χ0) is 25.1. The second kappa shape index (κ2) is 10.2. The van der Waals surface area contributed by atoms with E-state index in [2.05, 4.69) is 30.5 Å². The number of nitrogens with zero attached hydrogens (tertiary/aromatic N) is 6. The maximum atomic E-state index is 12.7. The van der Waals surface area contributed by atoms with Crippen molar-refractivity contribution < 1.29 is 14.3 Å². The van der Waals surface area contributed by atoms with Gasteiger partial charge in [-0.1, -0.05) is 0 Å². The minimum atomic E-state index is -0.601. The van der Waals surface area contributed by atoms with Gasteiger partial charge in [-0.15, -0.1) is 0 Å². The van der Waals surface area contributed by atoms with Crippen LogP contribution >= 0.6 is 0 Å². The molecule has 11 heteroatoms. The van der Waals surface area contributed by atoms with Crippen LogP contribution in [-0.4, -0.2) is 70.9 Å². The number of hydrogen-bond donors (Lipinski definition) is 2. The lowest BCUT2D eigenvalue weighted by Gasteiger charge is -2.22. The Morgan fingerprint density at radius 3 is 2.69 bits per heavy atom. The standard InChI is InChI=1S/C25H28N8O3/c1-26-23-21(18-13-27-14-19-20(18)28-15-32(19)2)30-22(25(34)35-3)24(31-23)29-16-5-7-17(8-6-16)33-9-4-11-36-12-10-33/h5-8,13-15H,4,9-12H2,1-3H3,(H2,26,29,31). The Morgan fingerprint density at radius 2 is 1.92 bits per heavy atom. The number of imidazole rings is 1. The molecule has 11 nitrogen and oxygen atoms in total. The van der Waals surface area contributed by atoms with Crippen molar-refractivity contribution in [3.8, 4) is 11.3 Å². The van der Waals surface area contributed by atoms with Gasteiger partial charge in [-0.05, 0) is 30.7 Å². The number of anilines is 4. The van der Waals surface area contributed by atoms with E-state index in [1.807, 2.05) is 35.9 Å². The molecule has 3 aromatic heterocycles. The average molecular weight is 489 g/mol. The van der Waals surface area contributed by atoms with Gasteiger partial charge in [0.15, 0.2) is 17.3 Å². The van der Waals surface area contributed by atoms with Gasteiger partial charge in [0.1, 0.15) is 11.2 Å². The Labute approximate surface area is 208 Å². The predicted octanol–water partition coefficient (Wildman–Crippen LogP) is 3.22. The van der Waals surface area contributed by atoms with Gasteiger partial charge < -0.3 is 29.6 Å². The van der Waals surface area contributed by atoms with E-state index in [0.29, 0.717) is 22.6 Å². The number of carbonyl (C=O) groups excluding carboxylic acids is 1. The molecule has 5 rings (SSSR count). The Bertz CT molecular complexity index is 1380. The zero-order valence-corrected chi connectivity index (χ0v) is 20.5. The van der Waals surface area contributed by atoms with Gasteiger partial charge in [0.25, 0.3) is 0 Å².